The second-order valence-electron chi connectivity index (χ2n) is 39.9. The molecule has 0 aliphatic carbocycles. The van der Waals surface area contributed by atoms with Gasteiger partial charge in [0.1, 0.15) is 34.7 Å². The number of nitrogens with two attached hydrogens (primary N) is 1. The molecule has 0 saturated carbocycles. The summed E-state index contributed by atoms with van der Waals surface area (Å²) in [5, 5.41) is 11.2. The number of carbonyl (C=O) groups excluding carboxylic acids is 5. The van der Waals surface area contributed by atoms with Gasteiger partial charge in [-0.15, -0.1) is 0 Å². The number of nitrogens with zero attached hydrogens (tertiary/aromatic N) is 13. The number of H-pyrrole nitrogens is 1. The number of hydrogen-bond acceptors (Lipinski definition) is 32. The molecule has 11 heterocycles. The minimum Gasteiger partial charge on any atom is -0.535 e. The summed E-state index contributed by atoms with van der Waals surface area (Å²) in [7, 11) is -18.8. The Morgan fingerprint density at radius 2 is 1.01 bits per heavy atom. The number of likely N-dealkylation sites (N-methyl/N-ethyl adjacent to an activating group) is 2. The number of aryl methyl sites for hydroxylation is 1. The number of hydroxylamine groups is 4. The summed E-state index contributed by atoms with van der Waals surface area (Å²) in [6.07, 6.45) is -1.17. The van der Waals surface area contributed by atoms with Crippen LogP contribution in [0.4, 0.5) is 51.8 Å². The summed E-state index contributed by atoms with van der Waals surface area (Å²) in [5.41, 5.74) is 1.18. The van der Waals surface area contributed by atoms with E-state index in [0.29, 0.717) is 35.5 Å². The lowest BCUT2D eigenvalue weighted by molar-refractivity contribution is -0.257. The molecule has 51 heteroatoms. The number of imidazole rings is 2. The number of nitrogens with one attached hydrogen (secondary N) is 4. The van der Waals surface area contributed by atoms with E-state index in [-0.39, 0.29) is 123 Å². The van der Waals surface area contributed by atoms with Crippen LogP contribution >= 0.6 is 0 Å². The minimum absolute atomic E-state index is 0. The van der Waals surface area contributed by atoms with E-state index in [1.54, 1.807) is 58.4 Å². The van der Waals surface area contributed by atoms with Gasteiger partial charge < -0.3 is 69.2 Å². The van der Waals surface area contributed by atoms with Gasteiger partial charge >= 0.3 is 67.7 Å². The molecule has 2 unspecified atom stereocenters. The van der Waals surface area contributed by atoms with Crippen LogP contribution in [0, 0.1) is 6.92 Å². The summed E-state index contributed by atoms with van der Waals surface area (Å²) in [6, 6.07) is 18.3. The first kappa shape index (κ1) is 114. The number of aromatic nitrogens is 10. The molecule has 6 fully saturated rings. The van der Waals surface area contributed by atoms with Gasteiger partial charge in [-0.1, -0.05) is 155 Å². The van der Waals surface area contributed by atoms with Crippen LogP contribution in [0.25, 0.3) is 22.3 Å². The Labute approximate surface area is 807 Å². The molecular weight excluding hydrogens is 1920 g/mol. The number of aromatic amines is 1. The number of ether oxygens (including phenoxy) is 4. The molecule has 5 aromatic heterocycles. The van der Waals surface area contributed by atoms with E-state index in [1.165, 1.54) is 56.2 Å². The van der Waals surface area contributed by atoms with Crippen molar-refractivity contribution in [1.29, 1.82) is 0 Å². The smallest absolute Gasteiger partial charge is 0.522 e. The number of fused-ring (bicyclic) bond motifs is 2. The quantitative estimate of drug-likeness (QED) is 0.0193. The van der Waals surface area contributed by atoms with Crippen LogP contribution in [0.5, 0.6) is 11.8 Å². The van der Waals surface area contributed by atoms with E-state index >= 15 is 0 Å². The number of para-hydroxylation sites is 2. The predicted molar refractivity (Wildman–Crippen MR) is 530 cm³/mol. The zero-order valence-electron chi connectivity index (χ0n) is 83.8. The lowest BCUT2D eigenvalue weighted by Gasteiger charge is -2.55. The van der Waals surface area contributed by atoms with Gasteiger partial charge in [-0.25, -0.2) is 29.3 Å². The van der Waals surface area contributed by atoms with Crippen molar-refractivity contribution in [3.63, 3.8) is 0 Å². The molecule has 137 heavy (non-hydrogen) atoms. The Bertz CT molecular complexity index is 5510. The lowest BCUT2D eigenvalue weighted by Crippen LogP contribution is -2.71. The van der Waals surface area contributed by atoms with Crippen molar-refractivity contribution in [3.05, 3.63) is 95.6 Å². The Kier molecular flexibility index (Phi) is 36.9. The number of alkyl halides is 3. The number of halogens is 3. The van der Waals surface area contributed by atoms with Crippen molar-refractivity contribution in [3.8, 4) is 11.8 Å². The maximum atomic E-state index is 14.1. The van der Waals surface area contributed by atoms with Crippen LogP contribution in [0.3, 0.4) is 0 Å². The van der Waals surface area contributed by atoms with Crippen LogP contribution in [-0.2, 0) is 77.9 Å². The number of amides is 5. The molecule has 8 atom stereocenters. The molecule has 13 rings (SSSR count). The number of carbonyl (C=O) groups is 5. The van der Waals surface area contributed by atoms with Crippen molar-refractivity contribution < 1.29 is 108 Å². The third-order valence-corrected chi connectivity index (χ3v) is 48.4. The molecule has 7 aromatic rings. The normalized spacial score (nSPS) is 22.6. The van der Waals surface area contributed by atoms with Crippen LogP contribution in [0.2, 0.25) is 103 Å². The van der Waals surface area contributed by atoms with E-state index < -0.39 is 147 Å². The van der Waals surface area contributed by atoms with Crippen LogP contribution in [-0.4, -0.2) is 244 Å². The zero-order valence-corrected chi connectivity index (χ0v) is 91.6. The number of anilines is 5. The monoisotopic (exact) mass is 2060 g/mol. The average molecular weight is 2060 g/mol. The van der Waals surface area contributed by atoms with Gasteiger partial charge in [-0.05, 0) is 134 Å². The standard InChI is InChI=1S/C39H53N7O8Si2.C26H46N4O7Si2.C8H8N6O3.C8H21NOSi2.C4H9F3O3SSi.CH4/c1-24(2)55(25(3)4)49-22-39-21-44(10)52-32(33(39)53-56(54-55,26(5)6)27(7)8)36(51-39)45-23-40-31-34(45)42-37(41-28(9)47)43-35(31)50-38(48)46(29-17-13-11-14-18-29)30-19-15-12-16-20-30;1-15(2)38(16(3)4)33-14-26-13-29(11)35-21(22(26)36-39(37-38,17(5)6)18(7)8)24(34-26)30-12-19(9)23(27-20(10)31)28-25(30)32;1-3(15)12-8-13-5-4(10-2-11-5)6(14-8)17-7(9)16;1-8(9-11(2,3)4)10-12(5,6)7;1-12(2,3)10-11(8,9)4(5,6)7;/h11-20,23-27,32-33,36H,21-22H2,1-10H3,(H,41,42,43,47);12,15-18,21-22,24H,13-14H2,1-11H3,(H,27,28,31,32);2H,1H3,(H2,9,16)(H2,10,11,12,13,14,15);1-7H3;1-3H3;1H4/t32?,33-,36-,39-;21?,22-,24-,26-;;;;/m11..../s1. The van der Waals surface area contributed by atoms with Crippen LogP contribution < -0.4 is 41.7 Å². The molecular formula is C86H141F3N18O22SSi7. The van der Waals surface area contributed by atoms with Crippen molar-refractivity contribution in [1.82, 2.24) is 59.1 Å². The van der Waals surface area contributed by atoms with Crippen LogP contribution in [0.15, 0.2) is 89.0 Å². The molecule has 6 aliphatic rings. The predicted octanol–water partition coefficient (Wildman–Crippen LogP) is 16.8. The van der Waals surface area contributed by atoms with Crippen LogP contribution in [0.1, 0.15) is 164 Å². The van der Waals surface area contributed by atoms with E-state index in [0.717, 1.165) is 5.90 Å². The molecule has 4 bridgehead atoms. The molecule has 0 radical (unpaired) electrons. The Hall–Kier alpha value is -8.42. The van der Waals surface area contributed by atoms with Gasteiger partial charge in [-0.3, -0.25) is 48.5 Å². The van der Waals surface area contributed by atoms with Gasteiger partial charge in [0.05, 0.1) is 50.3 Å². The second kappa shape index (κ2) is 44.4. The summed E-state index contributed by atoms with van der Waals surface area (Å²) >= 11 is 0. The molecule has 5 amide bonds. The molecule has 6 aliphatic heterocycles. The first-order valence-electron chi connectivity index (χ1n) is 45.2. The topological polar surface area (TPSA) is 466 Å². The third kappa shape index (κ3) is 26.5. The van der Waals surface area contributed by atoms with E-state index in [2.05, 4.69) is 214 Å². The first-order chi connectivity index (χ1) is 62.8. The molecule has 6 saturated heterocycles. The first-order valence-corrected chi connectivity index (χ1v) is 64.8. The van der Waals surface area contributed by atoms with E-state index in [1.807, 2.05) is 57.4 Å². The highest BCUT2D eigenvalue weighted by Crippen LogP contribution is 2.56. The molecule has 2 aromatic carbocycles. The Morgan fingerprint density at radius 1 is 0.591 bits per heavy atom. The fourth-order valence-electron chi connectivity index (χ4n) is 17.3. The number of rotatable bonds is 21. The van der Waals surface area contributed by atoms with Crippen molar-refractivity contribution in [2.75, 3.05) is 61.2 Å². The van der Waals surface area contributed by atoms with Crippen molar-refractivity contribution in [2.45, 2.75) is 310 Å². The number of primary amides is 1. The van der Waals surface area contributed by atoms with Crippen molar-refractivity contribution in [2.24, 2.45) is 10.4 Å². The lowest BCUT2D eigenvalue weighted by atomic mass is 9.94. The largest absolute Gasteiger partial charge is 0.535 e. The molecule has 6 N–H and O–H groups in total. The van der Waals surface area contributed by atoms with E-state index in [4.69, 9.17) is 65.0 Å². The van der Waals surface area contributed by atoms with Crippen molar-refractivity contribution >= 4 is 156 Å². The number of benzene rings is 2. The van der Waals surface area contributed by atoms with Gasteiger partial charge in [0.2, 0.25) is 46.3 Å². The summed E-state index contributed by atoms with van der Waals surface area (Å²) in [5.74, 6) is -0.282. The highest BCUT2D eigenvalue weighted by atomic mass is 32.2. The second-order valence-corrected chi connectivity index (χ2v) is 72.8. The highest BCUT2D eigenvalue weighted by molar-refractivity contribution is 7.88. The molecule has 762 valence electrons. The fraction of sp³-hybridized carbons (Fsp3) is 0.628. The number of hydrogen-bond donors (Lipinski definition) is 5. The Balaban J connectivity index is 0.000000243. The van der Waals surface area contributed by atoms with Gasteiger partial charge in [0, 0.05) is 53.6 Å². The maximum Gasteiger partial charge on any atom is 0.522 e. The third-order valence-electron chi connectivity index (χ3n) is 22.7. The average Bonchev–Trinajstić information content (AvgIpc) is 1.58. The van der Waals surface area contributed by atoms with Gasteiger partial charge in [0.25, 0.3) is 11.8 Å². The summed E-state index contributed by atoms with van der Waals surface area (Å²) < 4.78 is 142. The van der Waals surface area contributed by atoms with E-state index in [9.17, 15) is 50.4 Å². The molecule has 0 spiro atoms. The zero-order chi connectivity index (χ0) is 102. The SMILES string of the molecule is C.CC(=N[Si](C)(C)C)O[Si](C)(C)C.CC(=O)Nc1nc(=O)n([C@@H]2O[C@]34CO[Si](C(C)C)(C(C)C)O[Si](C(C)C)(C(C)C)O[C@@H]3C2ON(C)C4)cc1C.CC(=O)Nc1nc(OC(=O)N(c2ccccc2)c2ccccc2)c2ncn([C@@H]3O[C@]45CO[Si](C(C)C)(C(C)C)O[Si](C(C)C)(C(C)C)O[C@@H]4C3ON(C)C5)c2n1.CC(=O)Nc1nc(OC(N)=O)c2[nH]cnc2n1.C[Si](C)(C)OS(=O)(=O)C(F)(F)F. The fourth-order valence-corrected chi connectivity index (χ4v) is 44.9. The molecule has 40 nitrogen and oxygen atoms in total. The Morgan fingerprint density at radius 3 is 1.40 bits per heavy atom. The summed E-state index contributed by atoms with van der Waals surface area (Å²) in [4.78, 5) is 120. The maximum absolute atomic E-state index is 14.1. The minimum atomic E-state index is -5.39. The van der Waals surface area contributed by atoms with Gasteiger partial charge in [0.15, 0.2) is 55.6 Å². The highest BCUT2D eigenvalue weighted by Gasteiger charge is 2.71. The van der Waals surface area contributed by atoms with Gasteiger partial charge in [-0.2, -0.15) is 56.6 Å². The summed E-state index contributed by atoms with van der Waals surface area (Å²) in [6.45, 7) is 61.2.